The van der Waals surface area contributed by atoms with Crippen LogP contribution in [0.5, 0.6) is 0 Å². The first-order valence-electron chi connectivity index (χ1n) is 6.07. The second kappa shape index (κ2) is 5.41. The lowest BCUT2D eigenvalue weighted by molar-refractivity contribution is -0.200. The van der Waals surface area contributed by atoms with Gasteiger partial charge in [0.15, 0.2) is 0 Å². The first-order valence-corrected chi connectivity index (χ1v) is 6.98. The standard InChI is InChI=1S/C14H18BrNO2/c1-14(2,3)17-12-9-11(15)13(16-18-12)10-7-5-4-6-8-10/h4-8,11-12H,9H2,1-3H3/t11-,12+/m0/s1. The summed E-state index contributed by atoms with van der Waals surface area (Å²) >= 11 is 3.65. The number of halogens is 1. The van der Waals surface area contributed by atoms with E-state index in [1.807, 2.05) is 51.1 Å². The zero-order chi connectivity index (χ0) is 13.2. The maximum atomic E-state index is 5.77. The van der Waals surface area contributed by atoms with Crippen molar-refractivity contribution in [1.29, 1.82) is 0 Å². The molecule has 0 unspecified atom stereocenters. The molecule has 0 bridgehead atoms. The molecule has 1 aliphatic heterocycles. The minimum Gasteiger partial charge on any atom is -0.363 e. The van der Waals surface area contributed by atoms with Crippen molar-refractivity contribution < 1.29 is 9.57 Å². The molecule has 0 saturated heterocycles. The van der Waals surface area contributed by atoms with Crippen molar-refractivity contribution in [2.75, 3.05) is 0 Å². The zero-order valence-electron chi connectivity index (χ0n) is 10.9. The van der Waals surface area contributed by atoms with Crippen LogP contribution in [0.25, 0.3) is 0 Å². The highest BCUT2D eigenvalue weighted by Gasteiger charge is 2.30. The van der Waals surface area contributed by atoms with Gasteiger partial charge in [-0.05, 0) is 20.8 Å². The topological polar surface area (TPSA) is 30.8 Å². The molecule has 2 rings (SSSR count). The highest BCUT2D eigenvalue weighted by molar-refractivity contribution is 9.10. The summed E-state index contributed by atoms with van der Waals surface area (Å²) in [4.78, 5) is 5.58. The van der Waals surface area contributed by atoms with E-state index in [-0.39, 0.29) is 16.7 Å². The van der Waals surface area contributed by atoms with Crippen LogP contribution in [-0.2, 0) is 9.57 Å². The number of hydrogen-bond donors (Lipinski definition) is 0. The lowest BCUT2D eigenvalue weighted by atomic mass is 10.0. The molecule has 98 valence electrons. The molecule has 0 aromatic heterocycles. The van der Waals surface area contributed by atoms with Crippen LogP contribution in [0.1, 0.15) is 32.8 Å². The minimum atomic E-state index is -0.290. The molecule has 0 amide bonds. The average molecular weight is 312 g/mol. The molecule has 0 saturated carbocycles. The van der Waals surface area contributed by atoms with Gasteiger partial charge >= 0.3 is 0 Å². The summed E-state index contributed by atoms with van der Waals surface area (Å²) in [7, 11) is 0. The fraction of sp³-hybridized carbons (Fsp3) is 0.500. The number of hydrogen-bond acceptors (Lipinski definition) is 3. The maximum absolute atomic E-state index is 5.77. The Hall–Kier alpha value is -0.870. The summed E-state index contributed by atoms with van der Waals surface area (Å²) in [6.45, 7) is 6.03. The Balaban J connectivity index is 2.09. The van der Waals surface area contributed by atoms with Crippen LogP contribution in [0, 0.1) is 0 Å². The number of rotatable bonds is 2. The van der Waals surface area contributed by atoms with Gasteiger partial charge in [0, 0.05) is 12.0 Å². The molecule has 0 radical (unpaired) electrons. The first-order chi connectivity index (χ1) is 8.46. The van der Waals surface area contributed by atoms with E-state index in [4.69, 9.17) is 9.57 Å². The third-order valence-electron chi connectivity index (χ3n) is 2.52. The number of oxime groups is 1. The Morgan fingerprint density at radius 3 is 2.50 bits per heavy atom. The molecular weight excluding hydrogens is 294 g/mol. The summed E-state index contributed by atoms with van der Waals surface area (Å²) in [5.41, 5.74) is 1.77. The molecule has 3 nitrogen and oxygen atoms in total. The molecule has 18 heavy (non-hydrogen) atoms. The van der Waals surface area contributed by atoms with Crippen LogP contribution in [0.3, 0.4) is 0 Å². The van der Waals surface area contributed by atoms with Gasteiger partial charge in [-0.3, -0.25) is 0 Å². The van der Waals surface area contributed by atoms with Crippen molar-refractivity contribution in [2.45, 2.75) is 43.9 Å². The van der Waals surface area contributed by atoms with Gasteiger partial charge in [0.2, 0.25) is 6.29 Å². The molecule has 1 aromatic carbocycles. The minimum absolute atomic E-state index is 0.154. The number of ether oxygens (including phenoxy) is 1. The summed E-state index contributed by atoms with van der Waals surface area (Å²) in [6.07, 6.45) is 0.465. The normalized spacial score (nSPS) is 24.3. The average Bonchev–Trinajstić information content (AvgIpc) is 2.28. The van der Waals surface area contributed by atoms with E-state index in [0.717, 1.165) is 17.7 Å². The van der Waals surface area contributed by atoms with Crippen LogP contribution in [0.2, 0.25) is 0 Å². The molecule has 2 atom stereocenters. The van der Waals surface area contributed by atoms with Gasteiger partial charge in [0.1, 0.15) is 5.71 Å². The lowest BCUT2D eigenvalue weighted by Crippen LogP contribution is -2.35. The molecular formula is C14H18BrNO2. The number of benzene rings is 1. The molecule has 1 aromatic rings. The Morgan fingerprint density at radius 2 is 1.94 bits per heavy atom. The molecule has 4 heteroatoms. The molecule has 1 heterocycles. The van der Waals surface area contributed by atoms with Crippen LogP contribution in [-0.4, -0.2) is 22.4 Å². The van der Waals surface area contributed by atoms with Gasteiger partial charge in [0.25, 0.3) is 0 Å². The first kappa shape index (κ1) is 13.6. The Bertz CT molecular complexity index is 425. The van der Waals surface area contributed by atoms with Gasteiger partial charge in [0.05, 0.1) is 10.4 Å². The van der Waals surface area contributed by atoms with Crippen molar-refractivity contribution in [3.8, 4) is 0 Å². The predicted molar refractivity (Wildman–Crippen MR) is 76.0 cm³/mol. The Kier molecular flexibility index (Phi) is 4.07. The molecule has 0 N–H and O–H groups in total. The smallest absolute Gasteiger partial charge is 0.228 e. The van der Waals surface area contributed by atoms with Crippen LogP contribution >= 0.6 is 15.9 Å². The summed E-state index contributed by atoms with van der Waals surface area (Å²) in [6, 6.07) is 10.0. The third kappa shape index (κ3) is 3.56. The van der Waals surface area contributed by atoms with E-state index >= 15 is 0 Å². The lowest BCUT2D eigenvalue weighted by Gasteiger charge is -2.30. The second-order valence-corrected chi connectivity index (χ2v) is 6.42. The van der Waals surface area contributed by atoms with Gasteiger partial charge < -0.3 is 9.57 Å². The Labute approximate surface area is 116 Å². The summed E-state index contributed by atoms with van der Waals surface area (Å²) in [5.74, 6) is 0. The summed E-state index contributed by atoms with van der Waals surface area (Å²) < 4.78 is 5.77. The number of alkyl halides is 1. The fourth-order valence-electron chi connectivity index (χ4n) is 1.80. The van der Waals surface area contributed by atoms with Gasteiger partial charge in [-0.25, -0.2) is 0 Å². The van der Waals surface area contributed by atoms with Gasteiger partial charge in [-0.15, -0.1) is 0 Å². The van der Waals surface area contributed by atoms with Crippen molar-refractivity contribution in [3.63, 3.8) is 0 Å². The van der Waals surface area contributed by atoms with Gasteiger partial charge in [-0.2, -0.15) is 0 Å². The highest BCUT2D eigenvalue weighted by Crippen LogP contribution is 2.26. The zero-order valence-corrected chi connectivity index (χ0v) is 12.5. The van der Waals surface area contributed by atoms with Crippen molar-refractivity contribution in [1.82, 2.24) is 0 Å². The van der Waals surface area contributed by atoms with Crippen LogP contribution in [0.15, 0.2) is 35.5 Å². The molecule has 1 aliphatic rings. The van der Waals surface area contributed by atoms with E-state index in [0.29, 0.717) is 0 Å². The quantitative estimate of drug-likeness (QED) is 0.779. The predicted octanol–water partition coefficient (Wildman–Crippen LogP) is 3.72. The van der Waals surface area contributed by atoms with E-state index in [9.17, 15) is 0 Å². The fourth-order valence-corrected chi connectivity index (χ4v) is 2.46. The van der Waals surface area contributed by atoms with Crippen molar-refractivity contribution >= 4 is 21.6 Å². The van der Waals surface area contributed by atoms with E-state index in [2.05, 4.69) is 21.1 Å². The Morgan fingerprint density at radius 1 is 1.28 bits per heavy atom. The van der Waals surface area contributed by atoms with Gasteiger partial charge in [-0.1, -0.05) is 51.4 Å². The van der Waals surface area contributed by atoms with E-state index in [1.54, 1.807) is 0 Å². The monoisotopic (exact) mass is 311 g/mol. The molecule has 0 spiro atoms. The molecule has 0 aliphatic carbocycles. The van der Waals surface area contributed by atoms with Crippen LogP contribution in [0.4, 0.5) is 0 Å². The second-order valence-electron chi connectivity index (χ2n) is 5.31. The third-order valence-corrected chi connectivity index (χ3v) is 3.33. The number of nitrogens with zero attached hydrogens (tertiary/aromatic N) is 1. The van der Waals surface area contributed by atoms with E-state index < -0.39 is 0 Å². The highest BCUT2D eigenvalue weighted by atomic mass is 79.9. The van der Waals surface area contributed by atoms with E-state index in [1.165, 1.54) is 0 Å². The molecule has 0 fully saturated rings. The van der Waals surface area contributed by atoms with Crippen molar-refractivity contribution in [3.05, 3.63) is 35.9 Å². The van der Waals surface area contributed by atoms with Crippen molar-refractivity contribution in [2.24, 2.45) is 5.16 Å². The van der Waals surface area contributed by atoms with Crippen LogP contribution < -0.4 is 0 Å². The summed E-state index contributed by atoms with van der Waals surface area (Å²) in [5, 5.41) is 4.19. The largest absolute Gasteiger partial charge is 0.363 e. The SMILES string of the molecule is CC(C)(C)O[C@H]1C[C@H](Br)C(c2ccccc2)=NO1. The maximum Gasteiger partial charge on any atom is 0.228 e.